The third kappa shape index (κ3) is 2.61. The second-order valence-corrected chi connectivity index (χ2v) is 5.96. The van der Waals surface area contributed by atoms with Crippen molar-refractivity contribution in [1.29, 1.82) is 0 Å². The molecule has 1 saturated carbocycles. The maximum Gasteiger partial charge on any atom is 0.123 e. The van der Waals surface area contributed by atoms with Crippen LogP contribution in [-0.4, -0.2) is 23.5 Å². The molecule has 1 unspecified atom stereocenters. The van der Waals surface area contributed by atoms with Crippen LogP contribution in [0.2, 0.25) is 0 Å². The summed E-state index contributed by atoms with van der Waals surface area (Å²) in [7, 11) is 0. The summed E-state index contributed by atoms with van der Waals surface area (Å²) in [5, 5.41) is 0. The first kappa shape index (κ1) is 15.5. The predicted molar refractivity (Wildman–Crippen MR) is 82.2 cm³/mol. The molecule has 20 heavy (non-hydrogen) atoms. The van der Waals surface area contributed by atoms with Crippen molar-refractivity contribution in [3.8, 4) is 0 Å². The van der Waals surface area contributed by atoms with Gasteiger partial charge in [0.15, 0.2) is 0 Å². The molecule has 0 saturated heterocycles. The Kier molecular flexibility index (Phi) is 4.82. The first-order valence-corrected chi connectivity index (χ1v) is 7.82. The molecule has 0 aromatic heterocycles. The Labute approximate surface area is 122 Å². The van der Waals surface area contributed by atoms with Crippen LogP contribution < -0.4 is 5.73 Å². The first-order valence-electron chi connectivity index (χ1n) is 7.82. The van der Waals surface area contributed by atoms with Gasteiger partial charge in [0.1, 0.15) is 5.82 Å². The lowest BCUT2D eigenvalue weighted by Gasteiger charge is -2.45. The van der Waals surface area contributed by atoms with Crippen LogP contribution in [0.15, 0.2) is 18.2 Å². The van der Waals surface area contributed by atoms with Crippen molar-refractivity contribution in [2.45, 2.75) is 58.0 Å². The Balaban J connectivity index is 2.38. The van der Waals surface area contributed by atoms with Gasteiger partial charge in [-0.2, -0.15) is 0 Å². The summed E-state index contributed by atoms with van der Waals surface area (Å²) in [4.78, 5) is 2.51. The third-order valence-electron chi connectivity index (χ3n) is 5.01. The lowest BCUT2D eigenvalue weighted by Crippen LogP contribution is -2.53. The molecule has 1 fully saturated rings. The highest BCUT2D eigenvalue weighted by atomic mass is 19.1. The molecule has 2 rings (SSSR count). The number of hydrogen-bond acceptors (Lipinski definition) is 2. The average molecular weight is 278 g/mol. The Bertz CT molecular complexity index is 448. The monoisotopic (exact) mass is 278 g/mol. The van der Waals surface area contributed by atoms with E-state index in [2.05, 4.69) is 18.7 Å². The fourth-order valence-corrected chi connectivity index (χ4v) is 3.94. The van der Waals surface area contributed by atoms with Gasteiger partial charge in [0, 0.05) is 11.6 Å². The molecular weight excluding hydrogens is 251 g/mol. The Morgan fingerprint density at radius 3 is 2.35 bits per heavy atom. The SMILES string of the molecule is CCN(CC)C1(C(N)c2ccc(F)cc2C)CCCC1. The fraction of sp³-hybridized carbons (Fsp3) is 0.647. The molecule has 0 amide bonds. The van der Waals surface area contributed by atoms with E-state index in [0.717, 1.165) is 37.1 Å². The Hall–Kier alpha value is -0.930. The molecule has 1 aromatic rings. The molecule has 2 N–H and O–H groups in total. The van der Waals surface area contributed by atoms with Gasteiger partial charge in [-0.05, 0) is 56.1 Å². The zero-order valence-corrected chi connectivity index (χ0v) is 13.0. The molecule has 1 aromatic carbocycles. The zero-order chi connectivity index (χ0) is 14.8. The van der Waals surface area contributed by atoms with Gasteiger partial charge in [0.2, 0.25) is 0 Å². The van der Waals surface area contributed by atoms with Gasteiger partial charge in [-0.1, -0.05) is 32.8 Å². The van der Waals surface area contributed by atoms with Crippen LogP contribution in [0.25, 0.3) is 0 Å². The molecule has 0 spiro atoms. The Morgan fingerprint density at radius 2 is 1.85 bits per heavy atom. The number of likely N-dealkylation sites (N-methyl/N-ethyl adjacent to an activating group) is 1. The van der Waals surface area contributed by atoms with Crippen molar-refractivity contribution < 1.29 is 4.39 Å². The first-order chi connectivity index (χ1) is 9.55. The molecule has 1 atom stereocenters. The minimum Gasteiger partial charge on any atom is -0.322 e. The minimum absolute atomic E-state index is 0.0366. The van der Waals surface area contributed by atoms with Crippen molar-refractivity contribution in [3.05, 3.63) is 35.1 Å². The molecule has 1 aliphatic carbocycles. The fourth-order valence-electron chi connectivity index (χ4n) is 3.94. The van der Waals surface area contributed by atoms with Crippen molar-refractivity contribution in [2.75, 3.05) is 13.1 Å². The van der Waals surface area contributed by atoms with E-state index in [1.807, 2.05) is 13.0 Å². The summed E-state index contributed by atoms with van der Waals surface area (Å²) < 4.78 is 13.3. The standard InChI is InChI=1S/C17H27FN2/c1-4-20(5-2)17(10-6-7-11-17)16(19)15-9-8-14(18)12-13(15)3/h8-9,12,16H,4-7,10-11,19H2,1-3H3. The number of rotatable bonds is 5. The molecule has 112 valence electrons. The molecule has 1 aliphatic rings. The van der Waals surface area contributed by atoms with Crippen molar-refractivity contribution >= 4 is 0 Å². The topological polar surface area (TPSA) is 29.3 Å². The van der Waals surface area contributed by atoms with Gasteiger partial charge < -0.3 is 5.73 Å². The lowest BCUT2D eigenvalue weighted by molar-refractivity contribution is 0.0768. The molecule has 3 heteroatoms. The third-order valence-corrected chi connectivity index (χ3v) is 5.01. The van der Waals surface area contributed by atoms with Gasteiger partial charge in [-0.15, -0.1) is 0 Å². The van der Waals surface area contributed by atoms with Gasteiger partial charge in [-0.3, -0.25) is 4.90 Å². The average Bonchev–Trinajstić information content (AvgIpc) is 2.90. The van der Waals surface area contributed by atoms with E-state index in [-0.39, 0.29) is 17.4 Å². The molecular formula is C17H27FN2. The predicted octanol–water partition coefficient (Wildman–Crippen LogP) is 3.79. The van der Waals surface area contributed by atoms with Crippen molar-refractivity contribution in [2.24, 2.45) is 5.73 Å². The quantitative estimate of drug-likeness (QED) is 0.888. The van der Waals surface area contributed by atoms with Crippen LogP contribution in [-0.2, 0) is 0 Å². The van der Waals surface area contributed by atoms with Crippen LogP contribution in [0.5, 0.6) is 0 Å². The summed E-state index contributed by atoms with van der Waals surface area (Å²) in [6.45, 7) is 8.40. The summed E-state index contributed by atoms with van der Waals surface area (Å²) in [5.74, 6) is -0.179. The van der Waals surface area contributed by atoms with E-state index in [1.54, 1.807) is 6.07 Å². The normalized spacial score (nSPS) is 19.5. The second-order valence-electron chi connectivity index (χ2n) is 5.96. The maximum absolute atomic E-state index is 13.3. The van der Waals surface area contributed by atoms with Gasteiger partial charge >= 0.3 is 0 Å². The van der Waals surface area contributed by atoms with Crippen LogP contribution >= 0.6 is 0 Å². The van der Waals surface area contributed by atoms with Gasteiger partial charge in [-0.25, -0.2) is 4.39 Å². The summed E-state index contributed by atoms with van der Waals surface area (Å²) in [5.41, 5.74) is 8.79. The van der Waals surface area contributed by atoms with Gasteiger partial charge in [0.25, 0.3) is 0 Å². The number of halogens is 1. The number of hydrogen-bond donors (Lipinski definition) is 1. The van der Waals surface area contributed by atoms with E-state index < -0.39 is 0 Å². The molecule has 0 bridgehead atoms. The molecule has 2 nitrogen and oxygen atoms in total. The number of nitrogens with two attached hydrogens (primary N) is 1. The van der Waals surface area contributed by atoms with Crippen molar-refractivity contribution in [1.82, 2.24) is 4.90 Å². The van der Waals surface area contributed by atoms with Crippen LogP contribution in [0.3, 0.4) is 0 Å². The van der Waals surface area contributed by atoms with E-state index in [9.17, 15) is 4.39 Å². The van der Waals surface area contributed by atoms with E-state index in [0.29, 0.717) is 0 Å². The van der Waals surface area contributed by atoms with E-state index in [4.69, 9.17) is 5.73 Å². The lowest BCUT2D eigenvalue weighted by atomic mass is 9.81. The number of nitrogens with zero attached hydrogens (tertiary/aromatic N) is 1. The van der Waals surface area contributed by atoms with Gasteiger partial charge in [0.05, 0.1) is 0 Å². The highest BCUT2D eigenvalue weighted by Gasteiger charge is 2.44. The largest absolute Gasteiger partial charge is 0.322 e. The van der Waals surface area contributed by atoms with Crippen molar-refractivity contribution in [3.63, 3.8) is 0 Å². The summed E-state index contributed by atoms with van der Waals surface area (Å²) in [6, 6.07) is 4.97. The van der Waals surface area contributed by atoms with E-state index >= 15 is 0 Å². The second kappa shape index (κ2) is 6.23. The molecule has 0 aliphatic heterocycles. The summed E-state index contributed by atoms with van der Waals surface area (Å²) >= 11 is 0. The zero-order valence-electron chi connectivity index (χ0n) is 13.0. The highest BCUT2D eigenvalue weighted by Crippen LogP contribution is 2.43. The Morgan fingerprint density at radius 1 is 1.25 bits per heavy atom. The van der Waals surface area contributed by atoms with E-state index in [1.165, 1.54) is 18.9 Å². The minimum atomic E-state index is -0.179. The number of aryl methyl sites for hydroxylation is 1. The van der Waals surface area contributed by atoms with Crippen LogP contribution in [0.4, 0.5) is 4.39 Å². The molecule has 0 radical (unpaired) electrons. The maximum atomic E-state index is 13.3. The smallest absolute Gasteiger partial charge is 0.123 e. The van der Waals surface area contributed by atoms with Crippen LogP contribution in [0, 0.1) is 12.7 Å². The number of benzene rings is 1. The highest BCUT2D eigenvalue weighted by molar-refractivity contribution is 5.32. The molecule has 0 heterocycles. The van der Waals surface area contributed by atoms with Crippen LogP contribution in [0.1, 0.15) is 56.7 Å². The summed E-state index contributed by atoms with van der Waals surface area (Å²) in [6.07, 6.45) is 4.77.